The van der Waals surface area contributed by atoms with Gasteiger partial charge in [-0.1, -0.05) is 57.7 Å². The second-order valence-corrected chi connectivity index (χ2v) is 6.40. The minimum atomic E-state index is -0.605. The summed E-state index contributed by atoms with van der Waals surface area (Å²) < 4.78 is 0. The number of hydrogen-bond donors (Lipinski definition) is 0. The van der Waals surface area contributed by atoms with Gasteiger partial charge in [-0.2, -0.15) is 0 Å². The van der Waals surface area contributed by atoms with Gasteiger partial charge < -0.3 is 0 Å². The molecule has 0 aliphatic heterocycles. The van der Waals surface area contributed by atoms with Crippen LogP contribution >= 0.6 is 11.3 Å². The van der Waals surface area contributed by atoms with Crippen molar-refractivity contribution in [1.82, 2.24) is 4.98 Å². The Morgan fingerprint density at radius 3 is 2.32 bits per heavy atom. The molecule has 0 N–H and O–H groups in total. The van der Waals surface area contributed by atoms with Crippen LogP contribution in [0, 0.1) is 0 Å². The van der Waals surface area contributed by atoms with Crippen molar-refractivity contribution in [2.24, 2.45) is 0 Å². The highest BCUT2D eigenvalue weighted by molar-refractivity contribution is 7.10. The monoisotopic (exact) mass is 355 g/mol. The van der Waals surface area contributed by atoms with Crippen LogP contribution in [-0.2, 0) is 10.2 Å². The van der Waals surface area contributed by atoms with Crippen LogP contribution in [0.3, 0.4) is 0 Å². The van der Waals surface area contributed by atoms with Gasteiger partial charge in [0.25, 0.3) is 0 Å². The molecule has 0 spiro atoms. The summed E-state index contributed by atoms with van der Waals surface area (Å²) in [6.45, 7) is 7.67. The molecular formula is C22H29NOS. The van der Waals surface area contributed by atoms with Gasteiger partial charge in [-0.05, 0) is 42.5 Å². The fourth-order valence-corrected chi connectivity index (χ4v) is 3.72. The molecule has 25 heavy (non-hydrogen) atoms. The van der Waals surface area contributed by atoms with Crippen LogP contribution in [0.15, 0.2) is 66.3 Å². The maximum atomic E-state index is 12.4. The zero-order valence-electron chi connectivity index (χ0n) is 14.6. The molecule has 0 saturated carbocycles. The van der Waals surface area contributed by atoms with Crippen molar-refractivity contribution in [1.29, 1.82) is 0 Å². The van der Waals surface area contributed by atoms with Gasteiger partial charge in [0.2, 0.25) is 0 Å². The number of aromatic nitrogens is 1. The van der Waals surface area contributed by atoms with Crippen molar-refractivity contribution < 1.29 is 6.22 Å². The predicted molar refractivity (Wildman–Crippen MR) is 111 cm³/mol. The van der Waals surface area contributed by atoms with Gasteiger partial charge in [0.1, 0.15) is 5.78 Å². The van der Waals surface area contributed by atoms with Crippen LogP contribution in [0.25, 0.3) is 11.1 Å². The Kier molecular flexibility index (Phi) is 7.72. The van der Waals surface area contributed by atoms with Crippen molar-refractivity contribution in [3.05, 3.63) is 76.7 Å². The van der Waals surface area contributed by atoms with Crippen molar-refractivity contribution in [3.8, 4) is 11.1 Å². The summed E-state index contributed by atoms with van der Waals surface area (Å²) in [6, 6.07) is 16.0. The molecule has 2 aromatic heterocycles. The Morgan fingerprint density at radius 1 is 1.08 bits per heavy atom. The molecule has 1 aromatic carbocycles. The zero-order valence-corrected chi connectivity index (χ0v) is 15.4. The SMILES string of the molecule is C.CC.CC(=O)C(C)(c1ccccc1)c1cc(-c2cccnc2)cs1.[HH]. The largest absolute Gasteiger partial charge is 0.299 e. The van der Waals surface area contributed by atoms with Gasteiger partial charge in [-0.15, -0.1) is 11.3 Å². The minimum absolute atomic E-state index is 0. The second-order valence-electron chi connectivity index (χ2n) is 5.49. The zero-order chi connectivity index (χ0) is 17.6. The van der Waals surface area contributed by atoms with E-state index in [1.54, 1.807) is 24.5 Å². The molecule has 134 valence electrons. The third-order valence-electron chi connectivity index (χ3n) is 4.14. The van der Waals surface area contributed by atoms with E-state index in [1.807, 2.05) is 69.4 Å². The molecule has 1 atom stereocenters. The van der Waals surface area contributed by atoms with E-state index in [9.17, 15) is 4.79 Å². The Bertz CT molecular complexity index is 786. The lowest BCUT2D eigenvalue weighted by molar-refractivity contribution is -0.120. The molecule has 3 rings (SSSR count). The summed E-state index contributed by atoms with van der Waals surface area (Å²) in [5, 5.41) is 2.09. The van der Waals surface area contributed by atoms with Crippen molar-refractivity contribution in [3.63, 3.8) is 0 Å². The standard InChI is InChI=1S/C19H17NOS.C2H6.CH4.H2/c1-14(21)19(2,17-8-4-3-5-9-17)18-11-16(13-22-18)15-7-6-10-20-12-15;1-2;;/h3-13H,1-2H3;1-2H3;1H4;1H. The molecule has 0 aliphatic rings. The molecule has 0 aliphatic carbocycles. The lowest BCUT2D eigenvalue weighted by Gasteiger charge is -2.26. The normalized spacial score (nSPS) is 12.2. The van der Waals surface area contributed by atoms with E-state index in [2.05, 4.69) is 16.4 Å². The number of carbonyl (C=O) groups is 1. The molecule has 0 amide bonds. The number of thiophene rings is 1. The van der Waals surface area contributed by atoms with Gasteiger partial charge in [0.15, 0.2) is 0 Å². The average molecular weight is 356 g/mol. The Labute approximate surface area is 157 Å². The number of nitrogens with zero attached hydrogens (tertiary/aromatic N) is 1. The van der Waals surface area contributed by atoms with Crippen molar-refractivity contribution in [2.75, 3.05) is 0 Å². The first-order valence-corrected chi connectivity index (χ1v) is 9.06. The van der Waals surface area contributed by atoms with E-state index < -0.39 is 5.41 Å². The van der Waals surface area contributed by atoms with Crippen LogP contribution in [0.4, 0.5) is 0 Å². The highest BCUT2D eigenvalue weighted by Crippen LogP contribution is 2.39. The Balaban J connectivity index is 0.00000151. The quantitative estimate of drug-likeness (QED) is 0.527. The Morgan fingerprint density at radius 2 is 1.76 bits per heavy atom. The number of ketones is 1. The number of Topliss-reactive ketones (excluding diaryl/α,β-unsaturated/α-hetero) is 1. The fraction of sp³-hybridized carbons (Fsp3) is 0.273. The van der Waals surface area contributed by atoms with E-state index in [1.165, 1.54) is 0 Å². The van der Waals surface area contributed by atoms with Crippen LogP contribution in [0.2, 0.25) is 0 Å². The first-order valence-electron chi connectivity index (χ1n) is 8.18. The molecular weight excluding hydrogens is 326 g/mol. The Hall–Kier alpha value is -2.26. The molecule has 1 unspecified atom stereocenters. The van der Waals surface area contributed by atoms with Crippen LogP contribution in [0.5, 0.6) is 0 Å². The number of benzene rings is 1. The highest BCUT2D eigenvalue weighted by atomic mass is 32.1. The third kappa shape index (κ3) is 4.23. The highest BCUT2D eigenvalue weighted by Gasteiger charge is 2.35. The van der Waals surface area contributed by atoms with Crippen molar-refractivity contribution >= 4 is 17.1 Å². The fourth-order valence-electron chi connectivity index (χ4n) is 2.57. The summed E-state index contributed by atoms with van der Waals surface area (Å²) in [7, 11) is 0. The third-order valence-corrected chi connectivity index (χ3v) is 5.29. The maximum absolute atomic E-state index is 12.4. The molecule has 0 saturated heterocycles. The summed E-state index contributed by atoms with van der Waals surface area (Å²) >= 11 is 1.63. The molecule has 0 fully saturated rings. The van der Waals surface area contributed by atoms with Gasteiger partial charge in [0, 0.05) is 24.3 Å². The molecule has 3 heteroatoms. The number of rotatable bonds is 4. The summed E-state index contributed by atoms with van der Waals surface area (Å²) in [5.41, 5.74) is 2.61. The average Bonchev–Trinajstić information content (AvgIpc) is 3.14. The van der Waals surface area contributed by atoms with E-state index in [0.29, 0.717) is 0 Å². The van der Waals surface area contributed by atoms with E-state index >= 15 is 0 Å². The van der Waals surface area contributed by atoms with Crippen molar-refractivity contribution in [2.45, 2.75) is 40.5 Å². The maximum Gasteiger partial charge on any atom is 0.145 e. The van der Waals surface area contributed by atoms with Gasteiger partial charge in [-0.25, -0.2) is 0 Å². The van der Waals surface area contributed by atoms with Crippen LogP contribution < -0.4 is 0 Å². The van der Waals surface area contributed by atoms with Crippen LogP contribution in [0.1, 0.15) is 47.0 Å². The lowest BCUT2D eigenvalue weighted by Crippen LogP contribution is -2.30. The molecule has 2 heterocycles. The summed E-state index contributed by atoms with van der Waals surface area (Å²) in [4.78, 5) is 17.6. The number of pyridine rings is 1. The minimum Gasteiger partial charge on any atom is -0.299 e. The second kappa shape index (κ2) is 9.28. The topological polar surface area (TPSA) is 30.0 Å². The molecule has 2 nitrogen and oxygen atoms in total. The summed E-state index contributed by atoms with van der Waals surface area (Å²) in [5.74, 6) is 0.151. The first-order chi connectivity index (χ1) is 11.6. The summed E-state index contributed by atoms with van der Waals surface area (Å²) in [6.07, 6.45) is 3.61. The van der Waals surface area contributed by atoms with E-state index in [-0.39, 0.29) is 14.6 Å². The first kappa shape index (κ1) is 20.8. The predicted octanol–water partition coefficient (Wildman–Crippen LogP) is 6.61. The molecule has 0 bridgehead atoms. The van der Waals surface area contributed by atoms with E-state index in [4.69, 9.17) is 0 Å². The smallest absolute Gasteiger partial charge is 0.145 e. The van der Waals surface area contributed by atoms with Gasteiger partial charge >= 0.3 is 0 Å². The molecule has 3 aromatic rings. The van der Waals surface area contributed by atoms with Crippen LogP contribution in [-0.4, -0.2) is 10.8 Å². The van der Waals surface area contributed by atoms with Gasteiger partial charge in [0.05, 0.1) is 5.41 Å². The number of hydrogen-bond acceptors (Lipinski definition) is 3. The molecule has 0 radical (unpaired) electrons. The lowest BCUT2D eigenvalue weighted by atomic mass is 9.77. The van der Waals surface area contributed by atoms with Gasteiger partial charge in [-0.3, -0.25) is 9.78 Å². The van der Waals surface area contributed by atoms with E-state index in [0.717, 1.165) is 21.6 Å². The number of carbonyl (C=O) groups excluding carboxylic acids is 1.